The third-order valence-electron chi connectivity index (χ3n) is 4.75. The Balaban J connectivity index is 1.59. The molecule has 0 spiro atoms. The monoisotopic (exact) mass is 385 g/mol. The lowest BCUT2D eigenvalue weighted by molar-refractivity contribution is 0.0990. The molecule has 1 saturated carbocycles. The van der Waals surface area contributed by atoms with Gasteiger partial charge in [-0.3, -0.25) is 9.78 Å². The van der Waals surface area contributed by atoms with Gasteiger partial charge in [0.15, 0.2) is 17.3 Å². The van der Waals surface area contributed by atoms with Crippen LogP contribution in [0, 0.1) is 0 Å². The zero-order valence-corrected chi connectivity index (χ0v) is 15.4. The van der Waals surface area contributed by atoms with Gasteiger partial charge in [0.05, 0.1) is 12.5 Å². The summed E-state index contributed by atoms with van der Waals surface area (Å²) in [4.78, 5) is 20.8. The van der Waals surface area contributed by atoms with Gasteiger partial charge in [-0.15, -0.1) is 5.10 Å². The van der Waals surface area contributed by atoms with E-state index in [9.17, 15) is 9.90 Å². The van der Waals surface area contributed by atoms with Crippen molar-refractivity contribution in [2.45, 2.75) is 44.2 Å². The number of hydrogen-bond donors (Lipinski definition) is 2. The number of pyridine rings is 2. The second-order valence-electron chi connectivity index (χ2n) is 6.86. The molecule has 0 saturated heterocycles. The molecule has 0 radical (unpaired) electrons. The van der Waals surface area contributed by atoms with Gasteiger partial charge in [-0.2, -0.15) is 4.52 Å². The normalized spacial score (nSPS) is 19.9. The van der Waals surface area contributed by atoms with Crippen molar-refractivity contribution in [3.05, 3.63) is 53.1 Å². The van der Waals surface area contributed by atoms with Gasteiger partial charge in [-0.25, -0.2) is 4.98 Å². The molecule has 1 aliphatic carbocycles. The standard InChI is InChI=1S/C19H20ClN5O2/c20-13-7-18(22-14-4-1-5-15(26)9-14)25-19(8-13)23-17(24-25)10-16(27)12-3-2-6-21-11-12/h2-3,6-8,11,14-15,22,26H,1,4-5,9-10H2. The number of carbonyl (C=O) groups excluding carboxylic acids is 1. The molecule has 8 heteroatoms. The van der Waals surface area contributed by atoms with E-state index in [0.717, 1.165) is 19.3 Å². The van der Waals surface area contributed by atoms with E-state index >= 15 is 0 Å². The maximum absolute atomic E-state index is 12.4. The summed E-state index contributed by atoms with van der Waals surface area (Å²) in [6.07, 6.45) is 6.46. The highest BCUT2D eigenvalue weighted by Gasteiger charge is 2.21. The molecular weight excluding hydrogens is 366 g/mol. The van der Waals surface area contributed by atoms with Gasteiger partial charge in [0.1, 0.15) is 5.82 Å². The van der Waals surface area contributed by atoms with Crippen LogP contribution >= 0.6 is 11.6 Å². The maximum atomic E-state index is 12.4. The maximum Gasteiger partial charge on any atom is 0.172 e. The Morgan fingerprint density at radius 2 is 2.26 bits per heavy atom. The first-order valence-electron chi connectivity index (χ1n) is 9.01. The second-order valence-corrected chi connectivity index (χ2v) is 7.30. The SMILES string of the molecule is O=C(Cc1nc2cc(Cl)cc(NC3CCCC(O)C3)n2n1)c1cccnc1. The molecule has 7 nitrogen and oxygen atoms in total. The summed E-state index contributed by atoms with van der Waals surface area (Å²) in [6.45, 7) is 0. The van der Waals surface area contributed by atoms with E-state index in [4.69, 9.17) is 11.6 Å². The minimum Gasteiger partial charge on any atom is -0.393 e. The highest BCUT2D eigenvalue weighted by atomic mass is 35.5. The summed E-state index contributed by atoms with van der Waals surface area (Å²) in [5.41, 5.74) is 1.11. The van der Waals surface area contributed by atoms with Gasteiger partial charge >= 0.3 is 0 Å². The van der Waals surface area contributed by atoms with Crippen LogP contribution in [0.1, 0.15) is 41.9 Å². The lowest BCUT2D eigenvalue weighted by atomic mass is 9.93. The van der Waals surface area contributed by atoms with E-state index in [1.165, 1.54) is 6.20 Å². The molecule has 2 unspecified atom stereocenters. The van der Waals surface area contributed by atoms with E-state index in [1.807, 2.05) is 0 Å². The van der Waals surface area contributed by atoms with Crippen molar-refractivity contribution in [1.29, 1.82) is 0 Å². The number of rotatable bonds is 5. The van der Waals surface area contributed by atoms with Crippen molar-refractivity contribution in [2.75, 3.05) is 5.32 Å². The van der Waals surface area contributed by atoms with Gasteiger partial charge in [-0.1, -0.05) is 11.6 Å². The van der Waals surface area contributed by atoms with Crippen LogP contribution in [0.3, 0.4) is 0 Å². The second kappa shape index (κ2) is 7.62. The highest BCUT2D eigenvalue weighted by molar-refractivity contribution is 6.31. The third-order valence-corrected chi connectivity index (χ3v) is 4.96. The Morgan fingerprint density at radius 3 is 3.04 bits per heavy atom. The van der Waals surface area contributed by atoms with Gasteiger partial charge < -0.3 is 10.4 Å². The summed E-state index contributed by atoms with van der Waals surface area (Å²) in [6, 6.07) is 7.11. The Morgan fingerprint density at radius 1 is 1.37 bits per heavy atom. The fourth-order valence-electron chi connectivity index (χ4n) is 3.45. The number of carbonyl (C=O) groups is 1. The molecule has 0 aromatic carbocycles. The number of Topliss-reactive ketones (excluding diaryl/α,β-unsaturated/α-hetero) is 1. The van der Waals surface area contributed by atoms with Crippen LogP contribution in [0.4, 0.5) is 5.82 Å². The van der Waals surface area contributed by atoms with E-state index in [2.05, 4.69) is 20.4 Å². The molecule has 27 heavy (non-hydrogen) atoms. The van der Waals surface area contributed by atoms with Crippen molar-refractivity contribution in [2.24, 2.45) is 0 Å². The molecule has 3 aromatic heterocycles. The van der Waals surface area contributed by atoms with Crippen LogP contribution in [0.25, 0.3) is 5.65 Å². The van der Waals surface area contributed by atoms with E-state index in [1.54, 1.807) is 35.0 Å². The number of halogens is 1. The van der Waals surface area contributed by atoms with Crippen molar-refractivity contribution < 1.29 is 9.90 Å². The number of aliphatic hydroxyl groups excluding tert-OH is 1. The number of ketones is 1. The Bertz CT molecular complexity index is 959. The lowest BCUT2D eigenvalue weighted by Crippen LogP contribution is -2.30. The predicted molar refractivity (Wildman–Crippen MR) is 102 cm³/mol. The Labute approximate surface area is 161 Å². The number of nitrogens with zero attached hydrogens (tertiary/aromatic N) is 4. The summed E-state index contributed by atoms with van der Waals surface area (Å²) in [5, 5.41) is 18.3. The van der Waals surface area contributed by atoms with Crippen LogP contribution in [0.5, 0.6) is 0 Å². The highest BCUT2D eigenvalue weighted by Crippen LogP contribution is 2.25. The fourth-order valence-corrected chi connectivity index (χ4v) is 3.65. The molecule has 1 fully saturated rings. The summed E-state index contributed by atoms with van der Waals surface area (Å²) in [5.74, 6) is 1.05. The van der Waals surface area contributed by atoms with Crippen molar-refractivity contribution in [1.82, 2.24) is 19.6 Å². The van der Waals surface area contributed by atoms with Crippen LogP contribution < -0.4 is 5.32 Å². The number of aromatic nitrogens is 4. The minimum atomic E-state index is -0.283. The number of fused-ring (bicyclic) bond motifs is 1. The smallest absolute Gasteiger partial charge is 0.172 e. The van der Waals surface area contributed by atoms with Crippen LogP contribution in [-0.2, 0) is 6.42 Å². The number of hydrogen-bond acceptors (Lipinski definition) is 6. The first-order chi connectivity index (χ1) is 13.1. The number of anilines is 1. The fraction of sp³-hybridized carbons (Fsp3) is 0.368. The largest absolute Gasteiger partial charge is 0.393 e. The third kappa shape index (κ3) is 4.09. The van der Waals surface area contributed by atoms with E-state index < -0.39 is 0 Å². The zero-order chi connectivity index (χ0) is 18.8. The lowest BCUT2D eigenvalue weighted by Gasteiger charge is -2.27. The predicted octanol–water partition coefficient (Wildman–Crippen LogP) is 2.92. The molecule has 3 aromatic rings. The molecule has 2 atom stereocenters. The number of aliphatic hydroxyl groups is 1. The molecular formula is C19H20ClN5O2. The van der Waals surface area contributed by atoms with Crippen molar-refractivity contribution >= 4 is 28.8 Å². The van der Waals surface area contributed by atoms with Crippen LogP contribution in [0.15, 0.2) is 36.7 Å². The molecule has 4 rings (SSSR count). The molecule has 2 N–H and O–H groups in total. The van der Waals surface area contributed by atoms with Gasteiger partial charge in [0.2, 0.25) is 0 Å². The summed E-state index contributed by atoms with van der Waals surface area (Å²) >= 11 is 6.24. The van der Waals surface area contributed by atoms with Crippen molar-refractivity contribution in [3.8, 4) is 0 Å². The van der Waals surface area contributed by atoms with Crippen LogP contribution in [0.2, 0.25) is 5.02 Å². The van der Waals surface area contributed by atoms with Crippen molar-refractivity contribution in [3.63, 3.8) is 0 Å². The molecule has 0 amide bonds. The van der Waals surface area contributed by atoms with Gasteiger partial charge in [0, 0.05) is 35.1 Å². The Hall–Kier alpha value is -2.51. The molecule has 140 valence electrons. The topological polar surface area (TPSA) is 92.4 Å². The average Bonchev–Trinajstić information content (AvgIpc) is 3.05. The van der Waals surface area contributed by atoms with Gasteiger partial charge in [0.25, 0.3) is 0 Å². The van der Waals surface area contributed by atoms with Gasteiger partial charge in [-0.05, 0) is 43.9 Å². The van der Waals surface area contributed by atoms with E-state index in [-0.39, 0.29) is 24.3 Å². The molecule has 0 bridgehead atoms. The Kier molecular flexibility index (Phi) is 5.05. The molecule has 1 aliphatic rings. The first kappa shape index (κ1) is 17.9. The molecule has 3 heterocycles. The van der Waals surface area contributed by atoms with E-state index in [0.29, 0.717) is 34.3 Å². The quantitative estimate of drug-likeness (QED) is 0.656. The first-order valence-corrected chi connectivity index (χ1v) is 9.39. The summed E-state index contributed by atoms with van der Waals surface area (Å²) in [7, 11) is 0. The minimum absolute atomic E-state index is 0.0879. The van der Waals surface area contributed by atoms with Crippen LogP contribution in [-0.4, -0.2) is 42.6 Å². The summed E-state index contributed by atoms with van der Waals surface area (Å²) < 4.78 is 1.67. The zero-order valence-electron chi connectivity index (χ0n) is 14.7. The average molecular weight is 386 g/mol. The molecule has 0 aliphatic heterocycles. The number of nitrogens with one attached hydrogen (secondary N) is 1.